The SMILES string of the molecule is Cc1cnc2c(C(=O)NC(C)Cn3nc(C)cc3C)cnn2c1. The zero-order valence-electron chi connectivity index (χ0n) is 13.7. The van der Waals surface area contributed by atoms with Gasteiger partial charge in [0.05, 0.1) is 18.4 Å². The Morgan fingerprint density at radius 3 is 2.78 bits per heavy atom. The highest BCUT2D eigenvalue weighted by Crippen LogP contribution is 2.09. The quantitative estimate of drug-likeness (QED) is 0.795. The molecule has 1 unspecified atom stereocenters. The molecule has 1 amide bonds. The highest BCUT2D eigenvalue weighted by atomic mass is 16.1. The lowest BCUT2D eigenvalue weighted by Gasteiger charge is -2.14. The minimum atomic E-state index is -0.176. The summed E-state index contributed by atoms with van der Waals surface area (Å²) in [5.41, 5.74) is 4.09. The van der Waals surface area contributed by atoms with E-state index < -0.39 is 0 Å². The second-order valence-electron chi connectivity index (χ2n) is 5.94. The Hall–Kier alpha value is -2.70. The standard InChI is InChI=1S/C16H20N6O/c1-10-6-17-15-14(7-18-22(15)8-10)16(23)19-12(3)9-21-13(4)5-11(2)20-21/h5-8,12H,9H2,1-4H3,(H,19,23). The summed E-state index contributed by atoms with van der Waals surface area (Å²) in [6.45, 7) is 8.48. The third-order valence-corrected chi connectivity index (χ3v) is 3.66. The molecule has 3 aromatic rings. The van der Waals surface area contributed by atoms with Crippen LogP contribution in [0.4, 0.5) is 0 Å². The van der Waals surface area contributed by atoms with Crippen molar-refractivity contribution >= 4 is 11.6 Å². The molecule has 0 aliphatic rings. The van der Waals surface area contributed by atoms with Gasteiger partial charge in [0, 0.05) is 24.1 Å². The molecule has 1 N–H and O–H groups in total. The zero-order valence-corrected chi connectivity index (χ0v) is 13.7. The first-order valence-corrected chi connectivity index (χ1v) is 7.56. The topological polar surface area (TPSA) is 77.1 Å². The molecule has 3 heterocycles. The van der Waals surface area contributed by atoms with Gasteiger partial charge in [0.25, 0.3) is 5.91 Å². The summed E-state index contributed by atoms with van der Waals surface area (Å²) in [5.74, 6) is -0.176. The minimum Gasteiger partial charge on any atom is -0.348 e. The van der Waals surface area contributed by atoms with Gasteiger partial charge in [-0.15, -0.1) is 0 Å². The average molecular weight is 312 g/mol. The van der Waals surface area contributed by atoms with Gasteiger partial charge in [-0.2, -0.15) is 10.2 Å². The summed E-state index contributed by atoms with van der Waals surface area (Å²) in [6, 6.07) is 1.97. The van der Waals surface area contributed by atoms with Crippen molar-refractivity contribution in [3.05, 3.63) is 47.2 Å². The summed E-state index contributed by atoms with van der Waals surface area (Å²) >= 11 is 0. The highest BCUT2D eigenvalue weighted by molar-refractivity contribution is 5.99. The van der Waals surface area contributed by atoms with Crippen LogP contribution in [0.5, 0.6) is 0 Å². The molecule has 0 aliphatic carbocycles. The first-order valence-electron chi connectivity index (χ1n) is 7.56. The molecule has 7 heteroatoms. The number of fused-ring (bicyclic) bond motifs is 1. The largest absolute Gasteiger partial charge is 0.348 e. The Kier molecular flexibility index (Phi) is 3.85. The average Bonchev–Trinajstić information content (AvgIpc) is 3.01. The van der Waals surface area contributed by atoms with Crippen molar-refractivity contribution in [3.63, 3.8) is 0 Å². The number of aryl methyl sites for hydroxylation is 3. The molecule has 0 saturated carbocycles. The molecule has 120 valence electrons. The smallest absolute Gasteiger partial charge is 0.257 e. The highest BCUT2D eigenvalue weighted by Gasteiger charge is 2.17. The van der Waals surface area contributed by atoms with E-state index in [-0.39, 0.29) is 11.9 Å². The molecule has 0 fully saturated rings. The lowest BCUT2D eigenvalue weighted by molar-refractivity contribution is 0.0937. The van der Waals surface area contributed by atoms with E-state index in [0.717, 1.165) is 17.0 Å². The van der Waals surface area contributed by atoms with Crippen molar-refractivity contribution in [3.8, 4) is 0 Å². The number of nitrogens with one attached hydrogen (secondary N) is 1. The first kappa shape index (κ1) is 15.2. The lowest BCUT2D eigenvalue weighted by atomic mass is 10.2. The van der Waals surface area contributed by atoms with E-state index in [9.17, 15) is 4.79 Å². The third kappa shape index (κ3) is 3.08. The lowest BCUT2D eigenvalue weighted by Crippen LogP contribution is -2.36. The molecular formula is C16H20N6O. The molecule has 0 saturated heterocycles. The second kappa shape index (κ2) is 5.83. The Morgan fingerprint density at radius 1 is 1.30 bits per heavy atom. The molecule has 23 heavy (non-hydrogen) atoms. The van der Waals surface area contributed by atoms with Crippen LogP contribution >= 0.6 is 0 Å². The number of nitrogens with zero attached hydrogens (tertiary/aromatic N) is 5. The Morgan fingerprint density at radius 2 is 2.09 bits per heavy atom. The van der Waals surface area contributed by atoms with Crippen LogP contribution < -0.4 is 5.32 Å². The van der Waals surface area contributed by atoms with E-state index in [2.05, 4.69) is 20.5 Å². The second-order valence-corrected chi connectivity index (χ2v) is 5.94. The van der Waals surface area contributed by atoms with Gasteiger partial charge in [-0.3, -0.25) is 9.48 Å². The van der Waals surface area contributed by atoms with Crippen LogP contribution in [0, 0.1) is 20.8 Å². The van der Waals surface area contributed by atoms with Gasteiger partial charge in [-0.05, 0) is 39.3 Å². The van der Waals surface area contributed by atoms with Crippen molar-refractivity contribution < 1.29 is 4.79 Å². The van der Waals surface area contributed by atoms with Gasteiger partial charge in [-0.1, -0.05) is 0 Å². The van der Waals surface area contributed by atoms with Crippen molar-refractivity contribution in [2.24, 2.45) is 0 Å². The Balaban J connectivity index is 1.74. The number of aromatic nitrogens is 5. The first-order chi connectivity index (χ1) is 10.9. The Bertz CT molecular complexity index is 863. The van der Waals surface area contributed by atoms with Crippen LogP contribution in [0.25, 0.3) is 5.65 Å². The van der Waals surface area contributed by atoms with Crippen LogP contribution in [0.3, 0.4) is 0 Å². The third-order valence-electron chi connectivity index (χ3n) is 3.66. The molecule has 7 nitrogen and oxygen atoms in total. The van der Waals surface area contributed by atoms with E-state index in [1.807, 2.05) is 44.6 Å². The molecule has 0 bridgehead atoms. The van der Waals surface area contributed by atoms with E-state index >= 15 is 0 Å². The van der Waals surface area contributed by atoms with Gasteiger partial charge in [0.2, 0.25) is 0 Å². The summed E-state index contributed by atoms with van der Waals surface area (Å²) in [4.78, 5) is 16.8. The van der Waals surface area contributed by atoms with Crippen molar-refractivity contribution in [1.82, 2.24) is 29.7 Å². The van der Waals surface area contributed by atoms with Crippen LogP contribution in [0.15, 0.2) is 24.7 Å². The Labute approximate surface area is 134 Å². The number of hydrogen-bond donors (Lipinski definition) is 1. The van der Waals surface area contributed by atoms with Crippen LogP contribution in [-0.2, 0) is 6.54 Å². The number of carbonyl (C=O) groups excluding carboxylic acids is 1. The molecular weight excluding hydrogens is 292 g/mol. The fourth-order valence-electron chi connectivity index (χ4n) is 2.59. The van der Waals surface area contributed by atoms with Crippen molar-refractivity contribution in [2.75, 3.05) is 0 Å². The summed E-state index contributed by atoms with van der Waals surface area (Å²) in [6.07, 6.45) is 5.12. The predicted octanol–water partition coefficient (Wildman–Crippen LogP) is 1.67. The van der Waals surface area contributed by atoms with Gasteiger partial charge in [-0.25, -0.2) is 9.50 Å². The summed E-state index contributed by atoms with van der Waals surface area (Å²) in [7, 11) is 0. The maximum absolute atomic E-state index is 12.5. The molecule has 1 atom stereocenters. The predicted molar refractivity (Wildman–Crippen MR) is 86.4 cm³/mol. The molecule has 0 radical (unpaired) electrons. The number of carbonyl (C=O) groups is 1. The zero-order chi connectivity index (χ0) is 16.6. The van der Waals surface area contributed by atoms with E-state index in [0.29, 0.717) is 17.8 Å². The van der Waals surface area contributed by atoms with Gasteiger partial charge >= 0.3 is 0 Å². The molecule has 3 rings (SSSR count). The van der Waals surface area contributed by atoms with Crippen LogP contribution in [0.1, 0.15) is 34.2 Å². The maximum atomic E-state index is 12.5. The van der Waals surface area contributed by atoms with Crippen LogP contribution in [-0.4, -0.2) is 36.3 Å². The molecule has 0 aromatic carbocycles. The van der Waals surface area contributed by atoms with E-state index in [1.165, 1.54) is 0 Å². The normalized spacial score (nSPS) is 12.5. The number of hydrogen-bond acceptors (Lipinski definition) is 4. The van der Waals surface area contributed by atoms with Gasteiger partial charge in [0.1, 0.15) is 5.56 Å². The fourth-order valence-corrected chi connectivity index (χ4v) is 2.59. The van der Waals surface area contributed by atoms with Crippen molar-refractivity contribution in [1.29, 1.82) is 0 Å². The molecule has 0 aliphatic heterocycles. The summed E-state index contributed by atoms with van der Waals surface area (Å²) in [5, 5.41) is 11.6. The maximum Gasteiger partial charge on any atom is 0.257 e. The van der Waals surface area contributed by atoms with Crippen LogP contribution in [0.2, 0.25) is 0 Å². The van der Waals surface area contributed by atoms with E-state index in [1.54, 1.807) is 16.9 Å². The molecule has 0 spiro atoms. The number of amides is 1. The molecule has 3 aromatic heterocycles. The monoisotopic (exact) mass is 312 g/mol. The van der Waals surface area contributed by atoms with Gasteiger partial charge < -0.3 is 5.32 Å². The minimum absolute atomic E-state index is 0.0547. The summed E-state index contributed by atoms with van der Waals surface area (Å²) < 4.78 is 3.52. The van der Waals surface area contributed by atoms with Crippen molar-refractivity contribution in [2.45, 2.75) is 40.3 Å². The van der Waals surface area contributed by atoms with Gasteiger partial charge in [0.15, 0.2) is 5.65 Å². The number of rotatable bonds is 4. The van der Waals surface area contributed by atoms with E-state index in [4.69, 9.17) is 0 Å². The fraction of sp³-hybridized carbons (Fsp3) is 0.375.